The van der Waals surface area contributed by atoms with Gasteiger partial charge >= 0.3 is 5.97 Å². The highest BCUT2D eigenvalue weighted by atomic mass is 16.5. The van der Waals surface area contributed by atoms with Gasteiger partial charge in [-0.2, -0.15) is 0 Å². The fraction of sp³-hybridized carbons (Fsp3) is 0.571. The van der Waals surface area contributed by atoms with Crippen molar-refractivity contribution in [2.24, 2.45) is 0 Å². The molecular formula is C14H22N2O2. The molecule has 4 nitrogen and oxygen atoms in total. The maximum atomic E-state index is 10.9. The Labute approximate surface area is 109 Å². The first-order valence-electron chi connectivity index (χ1n) is 6.25. The predicted octanol–water partition coefficient (Wildman–Crippen LogP) is 1.90. The van der Waals surface area contributed by atoms with Crippen molar-refractivity contribution in [1.82, 2.24) is 10.3 Å². The van der Waals surface area contributed by atoms with Gasteiger partial charge in [0.1, 0.15) is 0 Å². The Morgan fingerprint density at radius 2 is 2.22 bits per heavy atom. The molecule has 1 heterocycles. The van der Waals surface area contributed by atoms with Crippen molar-refractivity contribution in [3.63, 3.8) is 0 Å². The Kier molecular flexibility index (Phi) is 5.78. The summed E-state index contributed by atoms with van der Waals surface area (Å²) in [7, 11) is 1.42. The summed E-state index contributed by atoms with van der Waals surface area (Å²) in [6.07, 6.45) is 3.08. The fourth-order valence-corrected chi connectivity index (χ4v) is 1.71. The maximum Gasteiger partial charge on any atom is 0.305 e. The first-order chi connectivity index (χ1) is 8.56. The van der Waals surface area contributed by atoms with Crippen LogP contribution in [0, 0.1) is 0 Å². The zero-order valence-corrected chi connectivity index (χ0v) is 11.4. The fourth-order valence-electron chi connectivity index (χ4n) is 1.71. The lowest BCUT2D eigenvalue weighted by Gasteiger charge is -2.24. The van der Waals surface area contributed by atoms with Crippen molar-refractivity contribution in [3.05, 3.63) is 30.1 Å². The summed E-state index contributed by atoms with van der Waals surface area (Å²) in [5, 5.41) is 3.36. The molecule has 0 atom stereocenters. The summed E-state index contributed by atoms with van der Waals surface area (Å²) < 4.78 is 4.59. The molecule has 0 fully saturated rings. The standard InChI is InChI=1S/C14H22N2O2/c1-14(2,12-7-4-5-10-16-12)11-15-9-6-8-13(17)18-3/h4-5,7,10,15H,6,8-9,11H2,1-3H3. The molecule has 0 saturated heterocycles. The number of nitrogens with zero attached hydrogens (tertiary/aromatic N) is 1. The first kappa shape index (κ1) is 14.6. The van der Waals surface area contributed by atoms with Gasteiger partial charge in [0.05, 0.1) is 7.11 Å². The Hall–Kier alpha value is -1.42. The number of ether oxygens (including phenoxy) is 1. The first-order valence-corrected chi connectivity index (χ1v) is 6.25. The molecule has 0 aromatic carbocycles. The number of nitrogens with one attached hydrogen (secondary N) is 1. The van der Waals surface area contributed by atoms with E-state index < -0.39 is 0 Å². The summed E-state index contributed by atoms with van der Waals surface area (Å²) in [6.45, 7) is 5.96. The van der Waals surface area contributed by atoms with E-state index in [1.54, 1.807) is 0 Å². The highest BCUT2D eigenvalue weighted by molar-refractivity contribution is 5.69. The van der Waals surface area contributed by atoms with Gasteiger partial charge < -0.3 is 10.1 Å². The number of methoxy groups -OCH3 is 1. The van der Waals surface area contributed by atoms with Gasteiger partial charge in [0, 0.05) is 30.3 Å². The molecule has 0 radical (unpaired) electrons. The minimum atomic E-state index is -0.152. The Balaban J connectivity index is 2.28. The number of pyridine rings is 1. The predicted molar refractivity (Wildman–Crippen MR) is 71.4 cm³/mol. The number of rotatable bonds is 7. The molecule has 1 rings (SSSR count). The Morgan fingerprint density at radius 1 is 1.44 bits per heavy atom. The van der Waals surface area contributed by atoms with E-state index in [1.165, 1.54) is 7.11 Å². The topological polar surface area (TPSA) is 51.2 Å². The van der Waals surface area contributed by atoms with Crippen molar-refractivity contribution in [2.45, 2.75) is 32.1 Å². The van der Waals surface area contributed by atoms with Gasteiger partial charge in [0.25, 0.3) is 0 Å². The van der Waals surface area contributed by atoms with Crippen LogP contribution in [0.2, 0.25) is 0 Å². The van der Waals surface area contributed by atoms with Crippen LogP contribution in [-0.2, 0) is 14.9 Å². The molecule has 0 aliphatic heterocycles. The highest BCUT2D eigenvalue weighted by Gasteiger charge is 2.20. The molecule has 100 valence electrons. The molecule has 0 bridgehead atoms. The van der Waals surface area contributed by atoms with E-state index in [2.05, 4.69) is 28.9 Å². The molecule has 1 aromatic heterocycles. The molecule has 4 heteroatoms. The molecule has 1 N–H and O–H groups in total. The lowest BCUT2D eigenvalue weighted by atomic mass is 9.88. The van der Waals surface area contributed by atoms with E-state index >= 15 is 0 Å². The largest absolute Gasteiger partial charge is 0.469 e. The number of hydrogen-bond donors (Lipinski definition) is 1. The van der Waals surface area contributed by atoms with E-state index in [1.807, 2.05) is 24.4 Å². The second-order valence-corrected chi connectivity index (χ2v) is 4.96. The van der Waals surface area contributed by atoms with Crippen molar-refractivity contribution < 1.29 is 9.53 Å². The summed E-state index contributed by atoms with van der Waals surface area (Å²) in [4.78, 5) is 15.3. The quantitative estimate of drug-likeness (QED) is 0.593. The molecule has 0 amide bonds. The van der Waals surface area contributed by atoms with Gasteiger partial charge in [-0.05, 0) is 25.1 Å². The zero-order valence-electron chi connectivity index (χ0n) is 11.4. The van der Waals surface area contributed by atoms with Crippen LogP contribution in [0.5, 0.6) is 0 Å². The lowest BCUT2D eigenvalue weighted by Crippen LogP contribution is -2.34. The molecule has 0 aliphatic carbocycles. The van der Waals surface area contributed by atoms with Gasteiger partial charge in [-0.3, -0.25) is 9.78 Å². The van der Waals surface area contributed by atoms with Crippen molar-refractivity contribution in [3.8, 4) is 0 Å². The summed E-state index contributed by atoms with van der Waals surface area (Å²) in [6, 6.07) is 5.96. The third-order valence-corrected chi connectivity index (χ3v) is 2.89. The number of aromatic nitrogens is 1. The minimum absolute atomic E-state index is 0.00742. The van der Waals surface area contributed by atoms with Crippen LogP contribution < -0.4 is 5.32 Å². The SMILES string of the molecule is COC(=O)CCCNCC(C)(C)c1ccccn1. The molecule has 0 aliphatic rings. The lowest BCUT2D eigenvalue weighted by molar-refractivity contribution is -0.140. The van der Waals surface area contributed by atoms with Crippen LogP contribution in [0.1, 0.15) is 32.4 Å². The van der Waals surface area contributed by atoms with Crippen molar-refractivity contribution in [2.75, 3.05) is 20.2 Å². The van der Waals surface area contributed by atoms with Gasteiger partial charge in [-0.25, -0.2) is 0 Å². The minimum Gasteiger partial charge on any atom is -0.469 e. The summed E-state index contributed by atoms with van der Waals surface area (Å²) in [5.74, 6) is -0.152. The molecule has 18 heavy (non-hydrogen) atoms. The third-order valence-electron chi connectivity index (χ3n) is 2.89. The van der Waals surface area contributed by atoms with Gasteiger partial charge in [-0.15, -0.1) is 0 Å². The van der Waals surface area contributed by atoms with Crippen LogP contribution in [-0.4, -0.2) is 31.2 Å². The van der Waals surface area contributed by atoms with E-state index in [4.69, 9.17) is 0 Å². The smallest absolute Gasteiger partial charge is 0.305 e. The average molecular weight is 250 g/mol. The number of hydrogen-bond acceptors (Lipinski definition) is 4. The third kappa shape index (κ3) is 4.84. The van der Waals surface area contributed by atoms with Gasteiger partial charge in [0.2, 0.25) is 0 Å². The molecule has 0 unspecified atom stereocenters. The van der Waals surface area contributed by atoms with E-state index in [0.717, 1.165) is 25.2 Å². The number of esters is 1. The van der Waals surface area contributed by atoms with E-state index in [-0.39, 0.29) is 11.4 Å². The van der Waals surface area contributed by atoms with E-state index in [0.29, 0.717) is 6.42 Å². The molecular weight excluding hydrogens is 228 g/mol. The van der Waals surface area contributed by atoms with Gasteiger partial charge in [0.15, 0.2) is 0 Å². The van der Waals surface area contributed by atoms with Gasteiger partial charge in [-0.1, -0.05) is 19.9 Å². The van der Waals surface area contributed by atoms with Crippen LogP contribution >= 0.6 is 0 Å². The van der Waals surface area contributed by atoms with E-state index in [9.17, 15) is 4.79 Å². The average Bonchev–Trinajstić information content (AvgIpc) is 2.39. The number of carbonyl (C=O) groups excluding carboxylic acids is 1. The molecule has 0 spiro atoms. The summed E-state index contributed by atoms with van der Waals surface area (Å²) >= 11 is 0. The van der Waals surface area contributed by atoms with Crippen LogP contribution in [0.4, 0.5) is 0 Å². The molecule has 1 aromatic rings. The van der Waals surface area contributed by atoms with Crippen LogP contribution in [0.3, 0.4) is 0 Å². The Bertz CT molecular complexity index is 363. The zero-order chi connectivity index (χ0) is 13.4. The summed E-state index contributed by atoms with van der Waals surface area (Å²) in [5.41, 5.74) is 1.07. The normalized spacial score (nSPS) is 11.3. The van der Waals surface area contributed by atoms with Crippen molar-refractivity contribution in [1.29, 1.82) is 0 Å². The highest BCUT2D eigenvalue weighted by Crippen LogP contribution is 2.19. The van der Waals surface area contributed by atoms with Crippen LogP contribution in [0.15, 0.2) is 24.4 Å². The second kappa shape index (κ2) is 7.11. The Morgan fingerprint density at radius 3 is 2.83 bits per heavy atom. The maximum absolute atomic E-state index is 10.9. The van der Waals surface area contributed by atoms with Crippen LogP contribution in [0.25, 0.3) is 0 Å². The van der Waals surface area contributed by atoms with Crippen molar-refractivity contribution >= 4 is 5.97 Å². The number of carbonyl (C=O) groups is 1. The second-order valence-electron chi connectivity index (χ2n) is 4.96. The molecule has 0 saturated carbocycles. The monoisotopic (exact) mass is 250 g/mol.